The number of likely N-dealkylation sites (tertiary alicyclic amines) is 1. The SMILES string of the molecule is Cc1nc(CCNC(=O)C2CCCN2C(=O)Cc2ccc(F)cc2)cs1. The maximum atomic E-state index is 13.0. The van der Waals surface area contributed by atoms with E-state index in [1.807, 2.05) is 12.3 Å². The average Bonchev–Trinajstić information content (AvgIpc) is 3.26. The number of aromatic nitrogens is 1. The topological polar surface area (TPSA) is 62.3 Å². The van der Waals surface area contributed by atoms with Crippen LogP contribution < -0.4 is 5.32 Å². The standard InChI is InChI=1S/C19H22FN3O2S/c1-13-22-16(12-26-13)8-9-21-19(25)17-3-2-10-23(17)18(24)11-14-4-6-15(20)7-5-14/h4-7,12,17H,2-3,8-11H2,1H3,(H,21,25). The Morgan fingerprint density at radius 1 is 1.35 bits per heavy atom. The van der Waals surface area contributed by atoms with Crippen LogP contribution in [-0.4, -0.2) is 40.8 Å². The van der Waals surface area contributed by atoms with E-state index in [1.54, 1.807) is 28.4 Å². The van der Waals surface area contributed by atoms with Crippen molar-refractivity contribution in [2.75, 3.05) is 13.1 Å². The van der Waals surface area contributed by atoms with Crippen molar-refractivity contribution >= 4 is 23.2 Å². The zero-order valence-corrected chi connectivity index (χ0v) is 15.5. The van der Waals surface area contributed by atoms with Crippen LogP contribution in [0.3, 0.4) is 0 Å². The molecule has 2 amide bonds. The molecule has 1 aromatic carbocycles. The molecule has 0 saturated carbocycles. The van der Waals surface area contributed by atoms with Gasteiger partial charge < -0.3 is 10.2 Å². The number of rotatable bonds is 6. The predicted octanol–water partition coefficient (Wildman–Crippen LogP) is 2.48. The van der Waals surface area contributed by atoms with Crippen LogP contribution in [0.5, 0.6) is 0 Å². The van der Waals surface area contributed by atoms with E-state index in [-0.39, 0.29) is 24.1 Å². The first-order valence-electron chi connectivity index (χ1n) is 8.75. The van der Waals surface area contributed by atoms with Gasteiger partial charge in [-0.3, -0.25) is 9.59 Å². The van der Waals surface area contributed by atoms with Crippen LogP contribution in [0, 0.1) is 12.7 Å². The number of nitrogens with zero attached hydrogens (tertiary/aromatic N) is 2. The molecule has 0 aliphatic carbocycles. The smallest absolute Gasteiger partial charge is 0.242 e. The van der Waals surface area contributed by atoms with Gasteiger partial charge in [0.05, 0.1) is 17.1 Å². The Bertz CT molecular complexity index is 775. The van der Waals surface area contributed by atoms with Gasteiger partial charge in [-0.25, -0.2) is 9.37 Å². The molecule has 1 aliphatic heterocycles. The molecule has 1 aromatic heterocycles. The van der Waals surface area contributed by atoms with Crippen LogP contribution in [0.1, 0.15) is 29.1 Å². The quantitative estimate of drug-likeness (QED) is 0.844. The minimum Gasteiger partial charge on any atom is -0.354 e. The third-order valence-corrected chi connectivity index (χ3v) is 5.31. The molecule has 1 N–H and O–H groups in total. The molecule has 0 radical (unpaired) electrons. The van der Waals surface area contributed by atoms with Crippen molar-refractivity contribution in [2.24, 2.45) is 0 Å². The van der Waals surface area contributed by atoms with E-state index in [9.17, 15) is 14.0 Å². The van der Waals surface area contributed by atoms with E-state index in [4.69, 9.17) is 0 Å². The van der Waals surface area contributed by atoms with Crippen molar-refractivity contribution in [3.05, 3.63) is 51.7 Å². The number of amides is 2. The van der Waals surface area contributed by atoms with Gasteiger partial charge in [-0.2, -0.15) is 0 Å². The van der Waals surface area contributed by atoms with Crippen molar-refractivity contribution in [2.45, 2.75) is 38.6 Å². The second-order valence-corrected chi connectivity index (χ2v) is 7.51. The number of halogens is 1. The van der Waals surface area contributed by atoms with Gasteiger partial charge in [-0.1, -0.05) is 12.1 Å². The van der Waals surface area contributed by atoms with Crippen LogP contribution in [0.15, 0.2) is 29.6 Å². The van der Waals surface area contributed by atoms with Crippen molar-refractivity contribution in [1.82, 2.24) is 15.2 Å². The Morgan fingerprint density at radius 2 is 2.12 bits per heavy atom. The minimum absolute atomic E-state index is 0.0932. The Hall–Kier alpha value is -2.28. The lowest BCUT2D eigenvalue weighted by molar-refractivity contribution is -0.137. The van der Waals surface area contributed by atoms with Gasteiger partial charge in [-0.15, -0.1) is 11.3 Å². The fraction of sp³-hybridized carbons (Fsp3) is 0.421. The molecule has 0 spiro atoms. The molecule has 1 atom stereocenters. The van der Waals surface area contributed by atoms with Crippen molar-refractivity contribution < 1.29 is 14.0 Å². The molecular formula is C19H22FN3O2S. The number of benzene rings is 1. The molecule has 2 aromatic rings. The number of hydrogen-bond acceptors (Lipinski definition) is 4. The third-order valence-electron chi connectivity index (χ3n) is 4.49. The Balaban J connectivity index is 1.52. The Labute approximate surface area is 156 Å². The van der Waals surface area contributed by atoms with Gasteiger partial charge in [0.25, 0.3) is 0 Å². The molecule has 5 nitrogen and oxygen atoms in total. The second kappa shape index (κ2) is 8.40. The maximum Gasteiger partial charge on any atom is 0.242 e. The van der Waals surface area contributed by atoms with E-state index in [2.05, 4.69) is 10.3 Å². The number of carbonyl (C=O) groups is 2. The van der Waals surface area contributed by atoms with Crippen molar-refractivity contribution in [3.8, 4) is 0 Å². The number of nitrogens with one attached hydrogen (secondary N) is 1. The fourth-order valence-corrected chi connectivity index (χ4v) is 3.82. The van der Waals surface area contributed by atoms with Gasteiger partial charge in [0, 0.05) is 24.9 Å². The van der Waals surface area contributed by atoms with Gasteiger partial charge in [-0.05, 0) is 37.5 Å². The lowest BCUT2D eigenvalue weighted by Gasteiger charge is -2.24. The number of carbonyl (C=O) groups excluding carboxylic acids is 2. The van der Waals surface area contributed by atoms with E-state index in [0.717, 1.165) is 22.7 Å². The van der Waals surface area contributed by atoms with Gasteiger partial charge in [0.2, 0.25) is 11.8 Å². The highest BCUT2D eigenvalue weighted by molar-refractivity contribution is 7.09. The molecule has 1 aliphatic rings. The van der Waals surface area contributed by atoms with E-state index >= 15 is 0 Å². The van der Waals surface area contributed by atoms with Crippen LogP contribution >= 0.6 is 11.3 Å². The van der Waals surface area contributed by atoms with Crippen LogP contribution in [-0.2, 0) is 22.4 Å². The first-order valence-corrected chi connectivity index (χ1v) is 9.63. The molecule has 1 saturated heterocycles. The van der Waals surface area contributed by atoms with Crippen molar-refractivity contribution in [1.29, 1.82) is 0 Å². The minimum atomic E-state index is -0.417. The first-order chi connectivity index (χ1) is 12.5. The Morgan fingerprint density at radius 3 is 2.81 bits per heavy atom. The summed E-state index contributed by atoms with van der Waals surface area (Å²) < 4.78 is 13.0. The average molecular weight is 375 g/mol. The Kier molecular flexibility index (Phi) is 5.98. The molecule has 26 heavy (non-hydrogen) atoms. The third kappa shape index (κ3) is 4.66. The predicted molar refractivity (Wildman–Crippen MR) is 98.4 cm³/mol. The molecule has 3 rings (SSSR count). The number of hydrogen-bond donors (Lipinski definition) is 1. The zero-order valence-electron chi connectivity index (χ0n) is 14.7. The number of thiazole rings is 1. The monoisotopic (exact) mass is 375 g/mol. The van der Waals surface area contributed by atoms with Crippen LogP contribution in [0.25, 0.3) is 0 Å². The summed E-state index contributed by atoms with van der Waals surface area (Å²) in [6, 6.07) is 5.48. The molecule has 7 heteroatoms. The van der Waals surface area contributed by atoms with E-state index in [0.29, 0.717) is 25.9 Å². The van der Waals surface area contributed by atoms with Crippen LogP contribution in [0.4, 0.5) is 4.39 Å². The summed E-state index contributed by atoms with van der Waals surface area (Å²) in [4.78, 5) is 31.1. The normalized spacial score (nSPS) is 16.7. The highest BCUT2D eigenvalue weighted by atomic mass is 32.1. The molecule has 1 unspecified atom stereocenters. The highest BCUT2D eigenvalue weighted by Gasteiger charge is 2.33. The lowest BCUT2D eigenvalue weighted by atomic mass is 10.1. The highest BCUT2D eigenvalue weighted by Crippen LogP contribution is 2.19. The number of aryl methyl sites for hydroxylation is 1. The molecule has 0 bridgehead atoms. The fourth-order valence-electron chi connectivity index (χ4n) is 3.17. The summed E-state index contributed by atoms with van der Waals surface area (Å²) >= 11 is 1.59. The summed E-state index contributed by atoms with van der Waals surface area (Å²) in [5, 5.41) is 5.93. The van der Waals surface area contributed by atoms with Gasteiger partial charge >= 0.3 is 0 Å². The van der Waals surface area contributed by atoms with Crippen molar-refractivity contribution in [3.63, 3.8) is 0 Å². The summed E-state index contributed by atoms with van der Waals surface area (Å²) in [6.45, 7) is 3.05. The van der Waals surface area contributed by atoms with Gasteiger partial charge in [0.15, 0.2) is 0 Å². The summed E-state index contributed by atoms with van der Waals surface area (Å²) in [5.41, 5.74) is 1.73. The van der Waals surface area contributed by atoms with E-state index < -0.39 is 6.04 Å². The summed E-state index contributed by atoms with van der Waals surface area (Å²) in [7, 11) is 0. The first kappa shape index (κ1) is 18.5. The van der Waals surface area contributed by atoms with E-state index in [1.165, 1.54) is 12.1 Å². The molecular weight excluding hydrogens is 353 g/mol. The second-order valence-electron chi connectivity index (χ2n) is 6.45. The van der Waals surface area contributed by atoms with Crippen LogP contribution in [0.2, 0.25) is 0 Å². The largest absolute Gasteiger partial charge is 0.354 e. The zero-order chi connectivity index (χ0) is 18.5. The molecule has 1 fully saturated rings. The summed E-state index contributed by atoms with van der Waals surface area (Å²) in [6.07, 6.45) is 2.36. The molecule has 138 valence electrons. The summed E-state index contributed by atoms with van der Waals surface area (Å²) in [5.74, 6) is -0.527. The lowest BCUT2D eigenvalue weighted by Crippen LogP contribution is -2.46. The molecule has 2 heterocycles. The maximum absolute atomic E-state index is 13.0. The van der Waals surface area contributed by atoms with Gasteiger partial charge in [0.1, 0.15) is 11.9 Å².